The van der Waals surface area contributed by atoms with Crippen LogP contribution in [0.1, 0.15) is 71.2 Å². The molecule has 0 spiro atoms. The summed E-state index contributed by atoms with van der Waals surface area (Å²) in [5.41, 5.74) is 2.36. The smallest absolute Gasteiger partial charge is 0.251 e. The van der Waals surface area contributed by atoms with E-state index in [2.05, 4.69) is 10.3 Å². The van der Waals surface area contributed by atoms with Gasteiger partial charge in [-0.15, -0.1) is 0 Å². The second kappa shape index (κ2) is 6.91. The van der Waals surface area contributed by atoms with Gasteiger partial charge in [-0.1, -0.05) is 24.1 Å². The fourth-order valence-corrected chi connectivity index (χ4v) is 5.11. The van der Waals surface area contributed by atoms with Crippen molar-refractivity contribution < 1.29 is 9.59 Å². The Labute approximate surface area is 160 Å². The molecule has 2 unspecified atom stereocenters. The van der Waals surface area contributed by atoms with Gasteiger partial charge in [0.15, 0.2) is 5.78 Å². The monoisotopic (exact) mass is 362 g/mol. The van der Waals surface area contributed by atoms with Crippen molar-refractivity contribution in [3.8, 4) is 0 Å². The molecule has 2 aliphatic rings. The molecule has 2 atom stereocenters. The molecule has 4 heteroatoms. The van der Waals surface area contributed by atoms with Gasteiger partial charge in [0.25, 0.3) is 5.91 Å². The molecular formula is C23H26N2O2. The summed E-state index contributed by atoms with van der Waals surface area (Å²) in [6.07, 6.45) is 9.92. The van der Waals surface area contributed by atoms with Crippen molar-refractivity contribution in [2.75, 3.05) is 0 Å². The summed E-state index contributed by atoms with van der Waals surface area (Å²) in [6, 6.07) is 11.4. The number of hydrogen-bond acceptors (Lipinski definition) is 3. The summed E-state index contributed by atoms with van der Waals surface area (Å²) in [5.74, 6) is 0.181. The van der Waals surface area contributed by atoms with Crippen molar-refractivity contribution in [3.05, 3.63) is 65.5 Å². The summed E-state index contributed by atoms with van der Waals surface area (Å²) in [6.45, 7) is 2.00. The van der Waals surface area contributed by atoms with Crippen LogP contribution in [0.5, 0.6) is 0 Å². The number of Topliss-reactive ketones (excluding diaryl/α,β-unsaturated/α-hetero) is 1. The Kier molecular flexibility index (Phi) is 4.58. The predicted octanol–water partition coefficient (Wildman–Crippen LogP) is 4.49. The Morgan fingerprint density at radius 1 is 1.07 bits per heavy atom. The summed E-state index contributed by atoms with van der Waals surface area (Å²) >= 11 is 0. The average molecular weight is 362 g/mol. The lowest BCUT2D eigenvalue weighted by Gasteiger charge is -2.40. The van der Waals surface area contributed by atoms with Crippen LogP contribution in [0.4, 0.5) is 0 Å². The van der Waals surface area contributed by atoms with Crippen LogP contribution in [0.2, 0.25) is 0 Å². The Bertz CT molecular complexity index is 864. The van der Waals surface area contributed by atoms with Crippen LogP contribution in [-0.4, -0.2) is 22.2 Å². The highest BCUT2D eigenvalue weighted by Crippen LogP contribution is 2.55. The van der Waals surface area contributed by atoms with Gasteiger partial charge in [0.1, 0.15) is 0 Å². The molecule has 1 amide bonds. The first-order valence-electron chi connectivity index (χ1n) is 9.82. The van der Waals surface area contributed by atoms with E-state index < -0.39 is 0 Å². The number of amides is 1. The minimum absolute atomic E-state index is 0.00925. The molecule has 4 nitrogen and oxygen atoms in total. The minimum atomic E-state index is -0.158. The van der Waals surface area contributed by atoms with Crippen molar-refractivity contribution in [3.63, 3.8) is 0 Å². The first-order chi connectivity index (χ1) is 13.0. The highest BCUT2D eigenvalue weighted by molar-refractivity contribution is 5.96. The molecule has 1 aromatic heterocycles. The van der Waals surface area contributed by atoms with Crippen LogP contribution in [0.15, 0.2) is 48.8 Å². The highest BCUT2D eigenvalue weighted by atomic mass is 16.2. The first-order valence-corrected chi connectivity index (χ1v) is 9.82. The number of pyridine rings is 1. The topological polar surface area (TPSA) is 59.1 Å². The molecule has 2 bridgehead atoms. The van der Waals surface area contributed by atoms with Crippen LogP contribution in [-0.2, 0) is 0 Å². The molecule has 2 aliphatic carbocycles. The van der Waals surface area contributed by atoms with Crippen molar-refractivity contribution in [2.45, 2.75) is 57.4 Å². The lowest BCUT2D eigenvalue weighted by Crippen LogP contribution is -2.49. The second-order valence-corrected chi connectivity index (χ2v) is 8.48. The summed E-state index contributed by atoms with van der Waals surface area (Å²) in [4.78, 5) is 29.6. The molecule has 0 aliphatic heterocycles. The number of fused-ring (bicyclic) bond motifs is 2. The zero-order valence-electron chi connectivity index (χ0n) is 15.8. The molecule has 2 fully saturated rings. The van der Waals surface area contributed by atoms with E-state index in [1.54, 1.807) is 12.4 Å². The van der Waals surface area contributed by atoms with E-state index in [1.807, 2.05) is 43.3 Å². The number of carbonyl (C=O) groups is 2. The van der Waals surface area contributed by atoms with E-state index in [-0.39, 0.29) is 22.6 Å². The quantitative estimate of drug-likeness (QED) is 0.798. The Balaban J connectivity index is 1.48. The van der Waals surface area contributed by atoms with Crippen molar-refractivity contribution in [1.82, 2.24) is 10.3 Å². The lowest BCUT2D eigenvalue weighted by atomic mass is 9.70. The van der Waals surface area contributed by atoms with E-state index in [0.717, 1.165) is 49.7 Å². The van der Waals surface area contributed by atoms with E-state index in [9.17, 15) is 9.59 Å². The Hall–Kier alpha value is -2.49. The Morgan fingerprint density at radius 2 is 1.93 bits per heavy atom. The number of aromatic nitrogens is 1. The van der Waals surface area contributed by atoms with Crippen LogP contribution in [0.3, 0.4) is 0 Å². The molecule has 1 N–H and O–H groups in total. The van der Waals surface area contributed by atoms with Gasteiger partial charge < -0.3 is 5.32 Å². The largest absolute Gasteiger partial charge is 0.347 e. The second-order valence-electron chi connectivity index (χ2n) is 8.48. The van der Waals surface area contributed by atoms with Gasteiger partial charge in [-0.25, -0.2) is 0 Å². The van der Waals surface area contributed by atoms with E-state index >= 15 is 0 Å². The molecule has 1 heterocycles. The van der Waals surface area contributed by atoms with E-state index in [1.165, 1.54) is 0 Å². The zero-order valence-corrected chi connectivity index (χ0v) is 15.8. The molecule has 2 aromatic rings. The third-order valence-electron chi connectivity index (χ3n) is 6.39. The molecule has 0 radical (unpaired) electrons. The van der Waals surface area contributed by atoms with Gasteiger partial charge in [0, 0.05) is 35.5 Å². The van der Waals surface area contributed by atoms with Gasteiger partial charge >= 0.3 is 0 Å². The summed E-state index contributed by atoms with van der Waals surface area (Å²) < 4.78 is 0. The van der Waals surface area contributed by atoms with Gasteiger partial charge in [0.2, 0.25) is 0 Å². The van der Waals surface area contributed by atoms with Gasteiger partial charge in [-0.2, -0.15) is 0 Å². The van der Waals surface area contributed by atoms with Gasteiger partial charge in [-0.3, -0.25) is 14.6 Å². The number of ketones is 1. The van der Waals surface area contributed by atoms with Crippen LogP contribution in [0.25, 0.3) is 0 Å². The lowest BCUT2D eigenvalue weighted by molar-refractivity contribution is 0.0803. The van der Waals surface area contributed by atoms with Crippen molar-refractivity contribution in [2.24, 2.45) is 5.41 Å². The molecule has 1 aromatic carbocycles. The van der Waals surface area contributed by atoms with Crippen molar-refractivity contribution in [1.29, 1.82) is 0 Å². The van der Waals surface area contributed by atoms with Gasteiger partial charge in [-0.05, 0) is 68.7 Å². The normalized spacial score (nSPS) is 26.6. The fraction of sp³-hybridized carbons (Fsp3) is 0.435. The number of nitrogens with zero attached hydrogens (tertiary/aromatic N) is 1. The molecule has 4 rings (SSSR count). The molecule has 2 saturated carbocycles. The molecule has 140 valence electrons. The number of carbonyl (C=O) groups excluding carboxylic acids is 2. The highest BCUT2D eigenvalue weighted by Gasteiger charge is 2.52. The first kappa shape index (κ1) is 17.9. The third-order valence-corrected chi connectivity index (χ3v) is 6.39. The average Bonchev–Trinajstić information content (AvgIpc) is 2.92. The standard InChI is InChI=1S/C23H26N2O2/c1-17-5-2-6-18(13-17)21(27)25-23-9-4-8-22(16-23,10-11-23)14-20(26)19-7-3-12-24-15-19/h2-3,5-7,12-13,15H,4,8-11,14,16H2,1H3,(H,25,27). The number of nitrogens with one attached hydrogen (secondary N) is 1. The van der Waals surface area contributed by atoms with E-state index in [4.69, 9.17) is 0 Å². The van der Waals surface area contributed by atoms with Crippen LogP contribution < -0.4 is 5.32 Å². The third kappa shape index (κ3) is 3.66. The zero-order chi connectivity index (χ0) is 18.9. The van der Waals surface area contributed by atoms with E-state index in [0.29, 0.717) is 12.0 Å². The molecule has 0 saturated heterocycles. The maximum absolute atomic E-state index is 12.8. The number of rotatable bonds is 5. The maximum atomic E-state index is 12.8. The van der Waals surface area contributed by atoms with Crippen LogP contribution in [0, 0.1) is 12.3 Å². The molecule has 27 heavy (non-hydrogen) atoms. The predicted molar refractivity (Wildman–Crippen MR) is 105 cm³/mol. The minimum Gasteiger partial charge on any atom is -0.347 e. The fourth-order valence-electron chi connectivity index (χ4n) is 5.11. The number of hydrogen-bond donors (Lipinski definition) is 1. The molecular weight excluding hydrogens is 336 g/mol. The van der Waals surface area contributed by atoms with Crippen LogP contribution >= 0.6 is 0 Å². The maximum Gasteiger partial charge on any atom is 0.251 e. The number of benzene rings is 1. The van der Waals surface area contributed by atoms with Gasteiger partial charge in [0.05, 0.1) is 0 Å². The summed E-state index contributed by atoms with van der Waals surface area (Å²) in [7, 11) is 0. The Morgan fingerprint density at radius 3 is 2.70 bits per heavy atom. The summed E-state index contributed by atoms with van der Waals surface area (Å²) in [5, 5.41) is 3.34. The number of aryl methyl sites for hydroxylation is 1. The SMILES string of the molecule is Cc1cccc(C(=O)NC23CCCC(CC(=O)c4cccnc4)(CC2)C3)c1. The van der Waals surface area contributed by atoms with Crippen molar-refractivity contribution >= 4 is 11.7 Å².